The minimum atomic E-state index is 0.759. The summed E-state index contributed by atoms with van der Waals surface area (Å²) in [7, 11) is 1.67. The SMILES string of the molecule is COc1ccccc1-c1cc(Nc2ccc(N3CCCC3)cc2)ncn1. The van der Waals surface area contributed by atoms with Gasteiger partial charge in [0.25, 0.3) is 0 Å². The molecule has 1 fully saturated rings. The molecule has 0 atom stereocenters. The number of hydrogen-bond acceptors (Lipinski definition) is 5. The van der Waals surface area contributed by atoms with Gasteiger partial charge in [-0.15, -0.1) is 0 Å². The van der Waals surface area contributed by atoms with Crippen LogP contribution in [0.15, 0.2) is 60.9 Å². The van der Waals surface area contributed by atoms with Crippen LogP contribution in [0.25, 0.3) is 11.3 Å². The summed E-state index contributed by atoms with van der Waals surface area (Å²) < 4.78 is 5.43. The van der Waals surface area contributed by atoms with Crippen molar-refractivity contribution in [3.8, 4) is 17.0 Å². The summed E-state index contributed by atoms with van der Waals surface area (Å²) in [6.07, 6.45) is 4.14. The van der Waals surface area contributed by atoms with Gasteiger partial charge in [0.15, 0.2) is 0 Å². The van der Waals surface area contributed by atoms with Crippen LogP contribution in [0.4, 0.5) is 17.2 Å². The minimum absolute atomic E-state index is 0.759. The zero-order chi connectivity index (χ0) is 17.8. The molecular weight excluding hydrogens is 324 g/mol. The van der Waals surface area contributed by atoms with E-state index in [4.69, 9.17) is 4.74 Å². The average Bonchev–Trinajstić information content (AvgIpc) is 3.23. The zero-order valence-electron chi connectivity index (χ0n) is 14.9. The van der Waals surface area contributed by atoms with E-state index in [1.165, 1.54) is 18.5 Å². The van der Waals surface area contributed by atoms with Crippen LogP contribution in [0.1, 0.15) is 12.8 Å². The van der Waals surface area contributed by atoms with Crippen molar-refractivity contribution in [2.45, 2.75) is 12.8 Å². The number of anilines is 3. The van der Waals surface area contributed by atoms with Crippen molar-refractivity contribution >= 4 is 17.2 Å². The van der Waals surface area contributed by atoms with Crippen molar-refractivity contribution in [1.29, 1.82) is 0 Å². The molecule has 1 aromatic heterocycles. The average molecular weight is 346 g/mol. The van der Waals surface area contributed by atoms with Crippen molar-refractivity contribution < 1.29 is 4.74 Å². The molecule has 0 spiro atoms. The fraction of sp³-hybridized carbons (Fsp3) is 0.238. The van der Waals surface area contributed by atoms with Gasteiger partial charge >= 0.3 is 0 Å². The highest BCUT2D eigenvalue weighted by Crippen LogP contribution is 2.29. The van der Waals surface area contributed by atoms with Crippen LogP contribution in [-0.4, -0.2) is 30.2 Å². The lowest BCUT2D eigenvalue weighted by Gasteiger charge is -2.18. The van der Waals surface area contributed by atoms with Gasteiger partial charge < -0.3 is 15.0 Å². The second-order valence-corrected chi connectivity index (χ2v) is 6.35. The summed E-state index contributed by atoms with van der Waals surface area (Å²) in [5, 5.41) is 3.36. The van der Waals surface area contributed by atoms with E-state index >= 15 is 0 Å². The van der Waals surface area contributed by atoms with Gasteiger partial charge in [-0.3, -0.25) is 0 Å². The summed E-state index contributed by atoms with van der Waals surface area (Å²) in [5.74, 6) is 1.56. The molecule has 2 heterocycles. The number of nitrogens with zero attached hydrogens (tertiary/aromatic N) is 3. The first kappa shape index (κ1) is 16.4. The van der Waals surface area contributed by atoms with Gasteiger partial charge in [0.2, 0.25) is 0 Å². The van der Waals surface area contributed by atoms with Crippen LogP contribution in [-0.2, 0) is 0 Å². The Morgan fingerprint density at radius 1 is 0.962 bits per heavy atom. The van der Waals surface area contributed by atoms with Crippen molar-refractivity contribution in [1.82, 2.24) is 9.97 Å². The van der Waals surface area contributed by atoms with Gasteiger partial charge in [-0.05, 0) is 49.2 Å². The fourth-order valence-electron chi connectivity index (χ4n) is 3.31. The van der Waals surface area contributed by atoms with Crippen molar-refractivity contribution in [3.63, 3.8) is 0 Å². The van der Waals surface area contributed by atoms with Gasteiger partial charge in [-0.1, -0.05) is 12.1 Å². The maximum Gasteiger partial charge on any atom is 0.134 e. The van der Waals surface area contributed by atoms with E-state index in [-0.39, 0.29) is 0 Å². The van der Waals surface area contributed by atoms with E-state index < -0.39 is 0 Å². The number of nitrogens with one attached hydrogen (secondary N) is 1. The molecule has 0 radical (unpaired) electrons. The largest absolute Gasteiger partial charge is 0.496 e. The summed E-state index contributed by atoms with van der Waals surface area (Å²) in [4.78, 5) is 11.2. The lowest BCUT2D eigenvalue weighted by Crippen LogP contribution is -2.17. The molecule has 0 saturated carbocycles. The topological polar surface area (TPSA) is 50.3 Å². The summed E-state index contributed by atoms with van der Waals surface area (Å²) in [6.45, 7) is 2.31. The summed E-state index contributed by atoms with van der Waals surface area (Å²) in [6, 6.07) is 18.3. The second-order valence-electron chi connectivity index (χ2n) is 6.35. The van der Waals surface area contributed by atoms with Crippen molar-refractivity contribution in [3.05, 3.63) is 60.9 Å². The number of benzene rings is 2. The van der Waals surface area contributed by atoms with Crippen LogP contribution in [0, 0.1) is 0 Å². The Bertz CT molecular complexity index is 873. The number of hydrogen-bond donors (Lipinski definition) is 1. The summed E-state index contributed by atoms with van der Waals surface area (Å²) >= 11 is 0. The Morgan fingerprint density at radius 2 is 1.73 bits per heavy atom. The molecule has 5 nitrogen and oxygen atoms in total. The molecule has 0 amide bonds. The number of para-hydroxylation sites is 1. The molecule has 3 aromatic rings. The Labute approximate surface area is 153 Å². The molecule has 1 saturated heterocycles. The first-order valence-corrected chi connectivity index (χ1v) is 8.91. The van der Waals surface area contributed by atoms with E-state index in [0.717, 1.165) is 41.6 Å². The lowest BCUT2D eigenvalue weighted by molar-refractivity contribution is 0.416. The van der Waals surface area contributed by atoms with Crippen LogP contribution in [0.5, 0.6) is 5.75 Å². The monoisotopic (exact) mass is 346 g/mol. The third-order valence-electron chi connectivity index (χ3n) is 4.66. The molecule has 0 bridgehead atoms. The molecule has 5 heteroatoms. The Hall–Kier alpha value is -3.08. The Balaban J connectivity index is 1.53. The maximum atomic E-state index is 5.43. The second kappa shape index (κ2) is 7.44. The number of ether oxygens (including phenoxy) is 1. The lowest BCUT2D eigenvalue weighted by atomic mass is 10.1. The first-order valence-electron chi connectivity index (χ1n) is 8.91. The maximum absolute atomic E-state index is 5.43. The highest BCUT2D eigenvalue weighted by atomic mass is 16.5. The first-order chi connectivity index (χ1) is 12.8. The van der Waals surface area contributed by atoms with Gasteiger partial charge in [-0.25, -0.2) is 9.97 Å². The molecule has 0 aliphatic carbocycles. The smallest absolute Gasteiger partial charge is 0.134 e. The van der Waals surface area contributed by atoms with Gasteiger partial charge in [0.1, 0.15) is 17.9 Å². The predicted molar refractivity (Wildman–Crippen MR) is 105 cm³/mol. The van der Waals surface area contributed by atoms with E-state index in [1.807, 2.05) is 30.3 Å². The Kier molecular flexibility index (Phi) is 4.69. The summed E-state index contributed by atoms with van der Waals surface area (Å²) in [5.41, 5.74) is 4.07. The van der Waals surface area contributed by atoms with Gasteiger partial charge in [-0.2, -0.15) is 0 Å². The van der Waals surface area contributed by atoms with Gasteiger partial charge in [0.05, 0.1) is 12.8 Å². The molecule has 1 aliphatic rings. The van der Waals surface area contributed by atoms with Crippen LogP contribution in [0.2, 0.25) is 0 Å². The third-order valence-corrected chi connectivity index (χ3v) is 4.66. The molecule has 2 aromatic carbocycles. The van der Waals surface area contributed by atoms with Gasteiger partial charge in [0, 0.05) is 36.1 Å². The molecule has 1 N–H and O–H groups in total. The van der Waals surface area contributed by atoms with E-state index in [1.54, 1.807) is 13.4 Å². The third kappa shape index (κ3) is 3.47. The normalized spacial score (nSPS) is 13.7. The van der Waals surface area contributed by atoms with Crippen molar-refractivity contribution in [2.24, 2.45) is 0 Å². The van der Waals surface area contributed by atoms with E-state index in [0.29, 0.717) is 0 Å². The highest BCUT2D eigenvalue weighted by Gasteiger charge is 2.12. The zero-order valence-corrected chi connectivity index (χ0v) is 14.9. The molecule has 132 valence electrons. The quantitative estimate of drug-likeness (QED) is 0.737. The molecule has 1 aliphatic heterocycles. The minimum Gasteiger partial charge on any atom is -0.496 e. The van der Waals surface area contributed by atoms with Crippen LogP contribution < -0.4 is 15.0 Å². The Morgan fingerprint density at radius 3 is 2.50 bits per heavy atom. The van der Waals surface area contributed by atoms with E-state index in [9.17, 15) is 0 Å². The number of aromatic nitrogens is 2. The highest BCUT2D eigenvalue weighted by molar-refractivity contribution is 5.70. The molecule has 26 heavy (non-hydrogen) atoms. The van der Waals surface area contributed by atoms with Crippen LogP contribution in [0.3, 0.4) is 0 Å². The molecule has 4 rings (SSSR count). The number of rotatable bonds is 5. The predicted octanol–water partition coefficient (Wildman–Crippen LogP) is 4.50. The number of methoxy groups -OCH3 is 1. The fourth-order valence-corrected chi connectivity index (χ4v) is 3.31. The van der Waals surface area contributed by atoms with Crippen LogP contribution >= 0.6 is 0 Å². The van der Waals surface area contributed by atoms with E-state index in [2.05, 4.69) is 44.5 Å². The standard InChI is InChI=1S/C21H22N4O/c1-26-20-7-3-2-6-18(20)19-14-21(23-15-22-19)24-16-8-10-17(11-9-16)25-12-4-5-13-25/h2-3,6-11,14-15H,4-5,12-13H2,1H3,(H,22,23,24). The molecule has 0 unspecified atom stereocenters. The van der Waals surface area contributed by atoms with Crippen molar-refractivity contribution in [2.75, 3.05) is 30.4 Å². The molecular formula is C21H22N4O.